The van der Waals surface area contributed by atoms with Crippen molar-refractivity contribution >= 4 is 28.5 Å². The van der Waals surface area contributed by atoms with Gasteiger partial charge in [-0.2, -0.15) is 0 Å². The van der Waals surface area contributed by atoms with E-state index in [0.29, 0.717) is 34.2 Å². The van der Waals surface area contributed by atoms with Crippen LogP contribution in [0.2, 0.25) is 5.15 Å². The Labute approximate surface area is 132 Å². The molecule has 22 heavy (non-hydrogen) atoms. The first-order valence-corrected chi connectivity index (χ1v) is 7.38. The van der Waals surface area contributed by atoms with Crippen molar-refractivity contribution in [2.45, 2.75) is 25.9 Å². The third kappa shape index (κ3) is 3.28. The van der Waals surface area contributed by atoms with E-state index in [4.69, 9.17) is 25.8 Å². The highest BCUT2D eigenvalue weighted by Crippen LogP contribution is 2.34. The molecule has 1 aromatic heterocycles. The second-order valence-corrected chi connectivity index (χ2v) is 5.38. The topological polar surface area (TPSA) is 70.5 Å². The van der Waals surface area contributed by atoms with E-state index >= 15 is 0 Å². The maximum atomic E-state index is 11.3. The van der Waals surface area contributed by atoms with Gasteiger partial charge in [0.25, 0.3) is 0 Å². The minimum absolute atomic E-state index is 0.0587. The predicted octanol–water partition coefficient (Wildman–Crippen LogP) is 2.77. The lowest BCUT2D eigenvalue weighted by molar-refractivity contribution is -0.132. The minimum Gasteiger partial charge on any atom is -0.487 e. The summed E-state index contributed by atoms with van der Waals surface area (Å²) >= 11 is 6.08. The summed E-state index contributed by atoms with van der Waals surface area (Å²) in [5.74, 6) is 0.309. The fraction of sp³-hybridized carbons (Fsp3) is 0.400. The van der Waals surface area contributed by atoms with Gasteiger partial charge in [-0.25, -0.2) is 9.97 Å². The molecule has 2 heterocycles. The van der Waals surface area contributed by atoms with Gasteiger partial charge in [-0.05, 0) is 18.9 Å². The lowest BCUT2D eigenvalue weighted by atomic mass is 10.2. The highest BCUT2D eigenvalue weighted by atomic mass is 35.5. The number of halogens is 1. The number of ether oxygens (including phenoxy) is 3. The average molecular weight is 323 g/mol. The number of aromatic nitrogens is 2. The number of esters is 1. The van der Waals surface area contributed by atoms with Gasteiger partial charge in [0, 0.05) is 25.0 Å². The smallest absolute Gasteiger partial charge is 0.308 e. The molecule has 0 radical (unpaired) electrons. The van der Waals surface area contributed by atoms with Crippen molar-refractivity contribution in [3.63, 3.8) is 0 Å². The van der Waals surface area contributed by atoms with Gasteiger partial charge in [0.2, 0.25) is 0 Å². The van der Waals surface area contributed by atoms with Crippen LogP contribution < -0.4 is 9.47 Å². The average Bonchev–Trinajstić information content (AvgIpc) is 2.98. The summed E-state index contributed by atoms with van der Waals surface area (Å²) in [4.78, 5) is 19.3. The lowest BCUT2D eigenvalue weighted by Crippen LogP contribution is -2.17. The second kappa shape index (κ2) is 6.46. The molecule has 1 aliphatic rings. The Bertz CT molecular complexity index is 701. The molecule has 0 amide bonds. The predicted molar refractivity (Wildman–Crippen MR) is 80.3 cm³/mol. The highest BCUT2D eigenvalue weighted by Gasteiger charge is 2.18. The van der Waals surface area contributed by atoms with E-state index in [1.54, 1.807) is 12.1 Å². The van der Waals surface area contributed by atoms with Crippen molar-refractivity contribution in [2.24, 2.45) is 0 Å². The molecule has 116 valence electrons. The SMILES string of the molecule is CC(=O)Oc1cc2ncnc(Cl)c2cc1OCC1CCCO1. The number of rotatable bonds is 4. The molecule has 7 heteroatoms. The lowest BCUT2D eigenvalue weighted by Gasteiger charge is -2.15. The van der Waals surface area contributed by atoms with Gasteiger partial charge in [0.05, 0.1) is 11.6 Å². The molecule has 0 N–H and O–H groups in total. The van der Waals surface area contributed by atoms with Crippen LogP contribution in [0, 0.1) is 0 Å². The molecule has 1 aliphatic heterocycles. The van der Waals surface area contributed by atoms with Crippen LogP contribution in [0.15, 0.2) is 18.5 Å². The Morgan fingerprint density at radius 2 is 2.27 bits per heavy atom. The summed E-state index contributed by atoms with van der Waals surface area (Å²) in [6, 6.07) is 3.31. The third-order valence-electron chi connectivity index (χ3n) is 3.35. The minimum atomic E-state index is -0.429. The van der Waals surface area contributed by atoms with Gasteiger partial charge in [-0.15, -0.1) is 0 Å². The Kier molecular flexibility index (Phi) is 4.40. The first-order chi connectivity index (χ1) is 10.6. The first kappa shape index (κ1) is 15.0. The van der Waals surface area contributed by atoms with Crippen LogP contribution in [-0.4, -0.2) is 35.3 Å². The molecule has 1 aromatic carbocycles. The molecule has 0 aliphatic carbocycles. The summed E-state index contributed by atoms with van der Waals surface area (Å²) in [5, 5.41) is 0.962. The van der Waals surface area contributed by atoms with Crippen LogP contribution in [0.5, 0.6) is 11.5 Å². The van der Waals surface area contributed by atoms with E-state index in [0.717, 1.165) is 19.4 Å². The normalized spacial score (nSPS) is 17.6. The molecule has 2 aromatic rings. The van der Waals surface area contributed by atoms with E-state index in [-0.39, 0.29) is 6.10 Å². The van der Waals surface area contributed by atoms with Gasteiger partial charge in [-0.1, -0.05) is 11.6 Å². The molecular formula is C15H15ClN2O4. The molecular weight excluding hydrogens is 308 g/mol. The number of carbonyl (C=O) groups excluding carboxylic acids is 1. The number of hydrogen-bond donors (Lipinski definition) is 0. The Morgan fingerprint density at radius 1 is 1.41 bits per heavy atom. The van der Waals surface area contributed by atoms with Gasteiger partial charge < -0.3 is 14.2 Å². The third-order valence-corrected chi connectivity index (χ3v) is 3.66. The molecule has 0 bridgehead atoms. The molecule has 1 fully saturated rings. The number of hydrogen-bond acceptors (Lipinski definition) is 6. The summed E-state index contributed by atoms with van der Waals surface area (Å²) < 4.78 is 16.5. The Hall–Kier alpha value is -1.92. The van der Waals surface area contributed by atoms with Gasteiger partial charge >= 0.3 is 5.97 Å². The monoisotopic (exact) mass is 322 g/mol. The summed E-state index contributed by atoms with van der Waals surface area (Å²) in [6.07, 6.45) is 3.40. The van der Waals surface area contributed by atoms with Crippen molar-refractivity contribution in [1.82, 2.24) is 9.97 Å². The Morgan fingerprint density at radius 3 is 3.00 bits per heavy atom. The molecule has 0 spiro atoms. The van der Waals surface area contributed by atoms with E-state index in [9.17, 15) is 4.79 Å². The fourth-order valence-electron chi connectivity index (χ4n) is 2.34. The van der Waals surface area contributed by atoms with Crippen LogP contribution >= 0.6 is 11.6 Å². The van der Waals surface area contributed by atoms with E-state index < -0.39 is 5.97 Å². The van der Waals surface area contributed by atoms with Gasteiger partial charge in [-0.3, -0.25) is 4.79 Å². The van der Waals surface area contributed by atoms with Crippen molar-refractivity contribution in [3.8, 4) is 11.5 Å². The zero-order valence-electron chi connectivity index (χ0n) is 12.0. The maximum absolute atomic E-state index is 11.3. The largest absolute Gasteiger partial charge is 0.487 e. The molecule has 0 saturated carbocycles. The number of fused-ring (bicyclic) bond motifs is 1. The maximum Gasteiger partial charge on any atom is 0.308 e. The zero-order chi connectivity index (χ0) is 15.5. The highest BCUT2D eigenvalue weighted by molar-refractivity contribution is 6.34. The van der Waals surface area contributed by atoms with Crippen molar-refractivity contribution < 1.29 is 19.0 Å². The summed E-state index contributed by atoms with van der Waals surface area (Å²) in [5.41, 5.74) is 0.584. The first-order valence-electron chi connectivity index (χ1n) is 7.00. The fourth-order valence-corrected chi connectivity index (χ4v) is 2.53. The van der Waals surface area contributed by atoms with Crippen LogP contribution in [-0.2, 0) is 9.53 Å². The van der Waals surface area contributed by atoms with E-state index in [1.807, 2.05) is 0 Å². The van der Waals surface area contributed by atoms with E-state index in [2.05, 4.69) is 9.97 Å². The quantitative estimate of drug-likeness (QED) is 0.490. The molecule has 1 unspecified atom stereocenters. The number of carbonyl (C=O) groups is 1. The van der Waals surface area contributed by atoms with Gasteiger partial charge in [0.1, 0.15) is 18.1 Å². The van der Waals surface area contributed by atoms with Crippen LogP contribution in [0.1, 0.15) is 19.8 Å². The van der Waals surface area contributed by atoms with Crippen molar-refractivity contribution in [1.29, 1.82) is 0 Å². The zero-order valence-corrected chi connectivity index (χ0v) is 12.8. The van der Waals surface area contributed by atoms with Crippen molar-refractivity contribution in [2.75, 3.05) is 13.2 Å². The standard InChI is InChI=1S/C15H15ClN2O4/c1-9(19)22-14-6-12-11(15(16)18-8-17-12)5-13(14)21-7-10-3-2-4-20-10/h5-6,8,10H,2-4,7H2,1H3. The number of benzene rings is 1. The molecule has 6 nitrogen and oxygen atoms in total. The van der Waals surface area contributed by atoms with Crippen LogP contribution in [0.25, 0.3) is 10.9 Å². The van der Waals surface area contributed by atoms with Crippen molar-refractivity contribution in [3.05, 3.63) is 23.6 Å². The Balaban J connectivity index is 1.92. The molecule has 1 saturated heterocycles. The molecule has 3 rings (SSSR count). The summed E-state index contributed by atoms with van der Waals surface area (Å²) in [7, 11) is 0. The number of nitrogens with zero attached hydrogens (tertiary/aromatic N) is 2. The summed E-state index contributed by atoms with van der Waals surface area (Å²) in [6.45, 7) is 2.48. The van der Waals surface area contributed by atoms with Crippen LogP contribution in [0.4, 0.5) is 0 Å². The van der Waals surface area contributed by atoms with Crippen LogP contribution in [0.3, 0.4) is 0 Å². The molecule has 1 atom stereocenters. The van der Waals surface area contributed by atoms with Gasteiger partial charge in [0.15, 0.2) is 11.5 Å². The second-order valence-electron chi connectivity index (χ2n) is 5.02. The van der Waals surface area contributed by atoms with E-state index in [1.165, 1.54) is 13.3 Å².